The van der Waals surface area contributed by atoms with E-state index in [9.17, 15) is 18.0 Å². The molecule has 3 rings (SSSR count). The van der Waals surface area contributed by atoms with E-state index in [-0.39, 0.29) is 33.3 Å². The number of nitrogen functional groups attached to an aromatic ring is 2. The number of carbonyl (C=O) groups excluding carboxylic acids is 1. The fourth-order valence-electron chi connectivity index (χ4n) is 3.30. The number of aromatic nitrogens is 2. The molecule has 1 atom stereocenters. The van der Waals surface area contributed by atoms with Crippen LogP contribution in [-0.4, -0.2) is 29.3 Å². The molecular weight excluding hydrogens is 395 g/mol. The highest BCUT2D eigenvalue weighted by Crippen LogP contribution is 2.37. The number of nitrogens with one attached hydrogen (secondary N) is 1. The Morgan fingerprint density at radius 2 is 2.04 bits per heavy atom. The van der Waals surface area contributed by atoms with Crippen LogP contribution in [0.25, 0.3) is 11.0 Å². The average Bonchev–Trinajstić information content (AvgIpc) is 2.93. The van der Waals surface area contributed by atoms with Crippen LogP contribution in [-0.2, 0) is 6.54 Å². The monoisotopic (exact) mass is 411 g/mol. The molecule has 0 aliphatic rings. The Kier molecular flexibility index (Phi) is 5.48. The van der Waals surface area contributed by atoms with Gasteiger partial charge in [-0.3, -0.25) is 4.79 Å². The van der Waals surface area contributed by atoms with Crippen LogP contribution in [0.5, 0.6) is 0 Å². The van der Waals surface area contributed by atoms with Crippen molar-refractivity contribution in [3.05, 3.63) is 51.8 Å². The minimum Gasteiger partial charge on any atom is -0.398 e. The van der Waals surface area contributed by atoms with Crippen LogP contribution in [0.4, 0.5) is 24.8 Å². The van der Waals surface area contributed by atoms with Crippen LogP contribution in [0.15, 0.2) is 24.3 Å². The second kappa shape index (κ2) is 7.69. The van der Waals surface area contributed by atoms with Gasteiger partial charge in [-0.05, 0) is 36.9 Å². The molecule has 1 heterocycles. The first-order valence-electron chi connectivity index (χ1n) is 8.22. The number of benzene rings is 2. The van der Waals surface area contributed by atoms with Crippen LogP contribution >= 0.6 is 11.6 Å². The van der Waals surface area contributed by atoms with E-state index in [0.717, 1.165) is 4.57 Å². The maximum atomic E-state index is 13.8. The zero-order valence-corrected chi connectivity index (χ0v) is 15.5. The third-order valence-electron chi connectivity index (χ3n) is 4.47. The molecule has 1 unspecified atom stereocenters. The SMILES string of the molecule is CNC(c1cc(F)ccc1Cl)c1c(N)cc2c(nc(N)n2CC(F)F)c1C=O. The maximum absolute atomic E-state index is 13.8. The molecule has 6 nitrogen and oxygen atoms in total. The highest BCUT2D eigenvalue weighted by Gasteiger charge is 2.26. The Morgan fingerprint density at radius 1 is 1.32 bits per heavy atom. The molecule has 0 aliphatic heterocycles. The van der Waals surface area contributed by atoms with Crippen LogP contribution in [0, 0.1) is 5.82 Å². The molecule has 0 saturated heterocycles. The lowest BCUT2D eigenvalue weighted by atomic mass is 9.92. The smallest absolute Gasteiger partial charge is 0.256 e. The number of fused-ring (bicyclic) bond motifs is 1. The Balaban J connectivity index is 2.30. The maximum Gasteiger partial charge on any atom is 0.256 e. The summed E-state index contributed by atoms with van der Waals surface area (Å²) in [5.74, 6) is -0.683. The molecule has 1 aromatic heterocycles. The summed E-state index contributed by atoms with van der Waals surface area (Å²) in [5.41, 5.74) is 13.1. The lowest BCUT2D eigenvalue weighted by Gasteiger charge is -2.22. The first-order chi connectivity index (χ1) is 13.3. The van der Waals surface area contributed by atoms with Gasteiger partial charge in [0, 0.05) is 21.8 Å². The molecule has 0 amide bonds. The summed E-state index contributed by atoms with van der Waals surface area (Å²) in [6, 6.07) is 4.50. The number of alkyl halides is 2. The van der Waals surface area contributed by atoms with Gasteiger partial charge in [-0.2, -0.15) is 0 Å². The Morgan fingerprint density at radius 3 is 2.64 bits per heavy atom. The number of hydrogen-bond donors (Lipinski definition) is 3. The molecule has 0 saturated carbocycles. The van der Waals surface area contributed by atoms with Gasteiger partial charge in [0.05, 0.1) is 18.1 Å². The van der Waals surface area contributed by atoms with Crippen molar-refractivity contribution in [1.29, 1.82) is 0 Å². The van der Waals surface area contributed by atoms with Crippen molar-refractivity contribution in [3.8, 4) is 0 Å². The summed E-state index contributed by atoms with van der Waals surface area (Å²) in [4.78, 5) is 16.0. The molecule has 5 N–H and O–H groups in total. The fraction of sp³-hybridized carbons (Fsp3) is 0.222. The lowest BCUT2D eigenvalue weighted by molar-refractivity contribution is 0.112. The lowest BCUT2D eigenvalue weighted by Crippen LogP contribution is -2.21. The van der Waals surface area contributed by atoms with Crippen molar-refractivity contribution in [2.24, 2.45) is 0 Å². The standard InChI is InChI=1S/C18H17ClF3N5O/c1-25-17(9-4-8(20)2-3-11(9)19)15-10(7-28)16-13(5-12(15)23)27(6-14(21)22)18(24)26-16/h2-5,7,14,17,25H,6,23H2,1H3,(H2,24,26). The molecule has 0 spiro atoms. The summed E-state index contributed by atoms with van der Waals surface area (Å²) in [6.45, 7) is -0.690. The van der Waals surface area contributed by atoms with Gasteiger partial charge in [0.1, 0.15) is 11.3 Å². The number of nitrogens with zero attached hydrogens (tertiary/aromatic N) is 2. The number of hydrogen-bond acceptors (Lipinski definition) is 5. The van der Waals surface area contributed by atoms with Gasteiger partial charge in [-0.25, -0.2) is 18.2 Å². The van der Waals surface area contributed by atoms with E-state index < -0.39 is 24.8 Å². The van der Waals surface area contributed by atoms with Crippen molar-refractivity contribution in [2.45, 2.75) is 19.0 Å². The predicted octanol–water partition coefficient (Wildman–Crippen LogP) is 3.38. The van der Waals surface area contributed by atoms with Crippen molar-refractivity contribution in [2.75, 3.05) is 18.5 Å². The first-order valence-corrected chi connectivity index (χ1v) is 8.59. The summed E-state index contributed by atoms with van der Waals surface area (Å²) in [6.07, 6.45) is -2.15. The normalized spacial score (nSPS) is 12.6. The highest BCUT2D eigenvalue weighted by molar-refractivity contribution is 6.31. The quantitative estimate of drug-likeness (QED) is 0.426. The second-order valence-corrected chi connectivity index (χ2v) is 6.55. The van der Waals surface area contributed by atoms with Crippen LogP contribution < -0.4 is 16.8 Å². The molecule has 0 fully saturated rings. The second-order valence-electron chi connectivity index (χ2n) is 6.14. The van der Waals surface area contributed by atoms with Gasteiger partial charge in [-0.1, -0.05) is 11.6 Å². The van der Waals surface area contributed by atoms with E-state index in [2.05, 4.69) is 10.3 Å². The number of carbonyl (C=O) groups is 1. The van der Waals surface area contributed by atoms with Crippen LogP contribution in [0.3, 0.4) is 0 Å². The summed E-state index contributed by atoms with van der Waals surface area (Å²) < 4.78 is 40.7. The van der Waals surface area contributed by atoms with Gasteiger partial charge >= 0.3 is 0 Å². The molecule has 148 valence electrons. The van der Waals surface area contributed by atoms with E-state index in [4.69, 9.17) is 23.1 Å². The minimum absolute atomic E-state index is 0.0643. The molecule has 10 heteroatoms. The number of nitrogens with two attached hydrogens (primary N) is 2. The zero-order valence-electron chi connectivity index (χ0n) is 14.7. The number of rotatable bonds is 6. The van der Waals surface area contributed by atoms with E-state index in [1.165, 1.54) is 24.3 Å². The molecular formula is C18H17ClF3N5O. The van der Waals surface area contributed by atoms with E-state index in [0.29, 0.717) is 17.4 Å². The van der Waals surface area contributed by atoms with Gasteiger partial charge in [0.25, 0.3) is 6.43 Å². The molecule has 28 heavy (non-hydrogen) atoms. The third-order valence-corrected chi connectivity index (χ3v) is 4.81. The van der Waals surface area contributed by atoms with Crippen molar-refractivity contribution in [3.63, 3.8) is 0 Å². The zero-order chi connectivity index (χ0) is 20.6. The Hall–Kier alpha value is -2.78. The molecule has 0 radical (unpaired) electrons. The Bertz CT molecular complexity index is 1050. The average molecular weight is 412 g/mol. The minimum atomic E-state index is -2.67. The topological polar surface area (TPSA) is 99.0 Å². The van der Waals surface area contributed by atoms with Crippen molar-refractivity contribution in [1.82, 2.24) is 14.9 Å². The number of aldehydes is 1. The van der Waals surface area contributed by atoms with Crippen LogP contribution in [0.2, 0.25) is 5.02 Å². The molecule has 0 bridgehead atoms. The van der Waals surface area contributed by atoms with Crippen LogP contribution in [0.1, 0.15) is 27.5 Å². The number of imidazole rings is 1. The van der Waals surface area contributed by atoms with Gasteiger partial charge in [0.2, 0.25) is 5.95 Å². The third kappa shape index (κ3) is 3.38. The Labute approximate surface area is 163 Å². The summed E-state index contributed by atoms with van der Waals surface area (Å²) >= 11 is 6.21. The predicted molar refractivity (Wildman–Crippen MR) is 102 cm³/mol. The van der Waals surface area contributed by atoms with Crippen molar-refractivity contribution >= 4 is 40.6 Å². The first kappa shape index (κ1) is 20.0. The largest absolute Gasteiger partial charge is 0.398 e. The number of halogens is 4. The molecule has 0 aliphatic carbocycles. The van der Waals surface area contributed by atoms with E-state index in [1.54, 1.807) is 7.05 Å². The summed E-state index contributed by atoms with van der Waals surface area (Å²) in [5, 5.41) is 3.22. The van der Waals surface area contributed by atoms with Gasteiger partial charge in [-0.15, -0.1) is 0 Å². The van der Waals surface area contributed by atoms with Gasteiger partial charge < -0.3 is 21.4 Å². The van der Waals surface area contributed by atoms with E-state index >= 15 is 0 Å². The van der Waals surface area contributed by atoms with Gasteiger partial charge in [0.15, 0.2) is 6.29 Å². The molecule has 2 aromatic carbocycles. The molecule has 3 aromatic rings. The van der Waals surface area contributed by atoms with E-state index in [1.807, 2.05) is 0 Å². The highest BCUT2D eigenvalue weighted by atomic mass is 35.5. The fourth-order valence-corrected chi connectivity index (χ4v) is 3.53. The number of anilines is 2. The van der Waals surface area contributed by atoms with Crippen molar-refractivity contribution < 1.29 is 18.0 Å². The summed E-state index contributed by atoms with van der Waals surface area (Å²) in [7, 11) is 1.59.